The number of H-pyrrole nitrogens is 1. The minimum absolute atomic E-state index is 0.132. The maximum atomic E-state index is 11.9. The Bertz CT molecular complexity index is 633. The van der Waals surface area contributed by atoms with E-state index < -0.39 is 12.0 Å². The van der Waals surface area contributed by atoms with E-state index in [0.717, 1.165) is 22.9 Å². The summed E-state index contributed by atoms with van der Waals surface area (Å²) in [4.78, 5) is 26.8. The molecular weight excluding hydrogens is 268 g/mol. The largest absolute Gasteiger partial charge is 0.467 e. The number of benzene rings is 1. The highest BCUT2D eigenvalue weighted by Gasteiger charge is 2.22. The number of aromatic amines is 1. The van der Waals surface area contributed by atoms with Gasteiger partial charge in [0.2, 0.25) is 5.91 Å². The van der Waals surface area contributed by atoms with Crippen LogP contribution in [0.2, 0.25) is 0 Å². The summed E-state index contributed by atoms with van der Waals surface area (Å²) in [7, 11) is 1.33. The maximum absolute atomic E-state index is 11.9. The number of hydrogen-bond donors (Lipinski definition) is 2. The van der Waals surface area contributed by atoms with Crippen LogP contribution in [0.3, 0.4) is 0 Å². The van der Waals surface area contributed by atoms with E-state index in [-0.39, 0.29) is 5.91 Å². The zero-order valence-corrected chi connectivity index (χ0v) is 12.3. The first-order valence-electron chi connectivity index (χ1n) is 7.08. The maximum Gasteiger partial charge on any atom is 0.328 e. The number of hydrogen-bond acceptors (Lipinski definition) is 3. The van der Waals surface area contributed by atoms with E-state index in [0.29, 0.717) is 12.8 Å². The van der Waals surface area contributed by atoms with Crippen molar-refractivity contribution in [3.63, 3.8) is 0 Å². The molecule has 1 aromatic heterocycles. The van der Waals surface area contributed by atoms with Crippen molar-refractivity contribution in [2.45, 2.75) is 32.2 Å². The molecule has 2 aromatic rings. The Morgan fingerprint density at radius 2 is 2.10 bits per heavy atom. The number of rotatable bonds is 6. The Morgan fingerprint density at radius 3 is 2.81 bits per heavy atom. The Morgan fingerprint density at radius 1 is 1.33 bits per heavy atom. The zero-order valence-electron chi connectivity index (χ0n) is 12.3. The smallest absolute Gasteiger partial charge is 0.328 e. The molecular formula is C16H20N2O3. The van der Waals surface area contributed by atoms with Crippen LogP contribution >= 0.6 is 0 Å². The second-order valence-corrected chi connectivity index (χ2v) is 4.96. The van der Waals surface area contributed by atoms with Crippen LogP contribution in [0.15, 0.2) is 30.5 Å². The van der Waals surface area contributed by atoms with Crippen molar-refractivity contribution >= 4 is 22.8 Å². The molecule has 2 rings (SSSR count). The van der Waals surface area contributed by atoms with Gasteiger partial charge in [-0.15, -0.1) is 0 Å². The van der Waals surface area contributed by atoms with Crippen LogP contribution in [0.1, 0.15) is 25.3 Å². The van der Waals surface area contributed by atoms with Gasteiger partial charge in [-0.1, -0.05) is 25.1 Å². The minimum atomic E-state index is -0.659. The fourth-order valence-corrected chi connectivity index (χ4v) is 2.35. The molecule has 0 aliphatic rings. The predicted octanol–water partition coefficient (Wildman–Crippen LogP) is 2.17. The number of carbonyl (C=O) groups is 2. The van der Waals surface area contributed by atoms with Crippen molar-refractivity contribution < 1.29 is 14.3 Å². The van der Waals surface area contributed by atoms with E-state index in [4.69, 9.17) is 4.74 Å². The van der Waals surface area contributed by atoms with Crippen molar-refractivity contribution in [3.8, 4) is 0 Å². The summed E-state index contributed by atoms with van der Waals surface area (Å²) < 4.78 is 4.79. The van der Waals surface area contributed by atoms with Gasteiger partial charge in [0.15, 0.2) is 0 Å². The van der Waals surface area contributed by atoms with Gasteiger partial charge >= 0.3 is 5.97 Å². The fourth-order valence-electron chi connectivity index (χ4n) is 2.35. The molecule has 0 aliphatic heterocycles. The third kappa shape index (κ3) is 3.62. The molecule has 0 radical (unpaired) electrons. The summed E-state index contributed by atoms with van der Waals surface area (Å²) in [6.45, 7) is 1.92. The Balaban J connectivity index is 2.18. The average molecular weight is 288 g/mol. The summed E-state index contributed by atoms with van der Waals surface area (Å²) in [5.41, 5.74) is 1.99. The molecule has 5 heteroatoms. The second-order valence-electron chi connectivity index (χ2n) is 4.96. The normalized spacial score (nSPS) is 12.1. The fraction of sp³-hybridized carbons (Fsp3) is 0.375. The van der Waals surface area contributed by atoms with E-state index in [2.05, 4.69) is 10.3 Å². The number of methoxy groups -OCH3 is 1. The molecule has 0 saturated heterocycles. The van der Waals surface area contributed by atoms with E-state index in [1.54, 1.807) is 0 Å². The van der Waals surface area contributed by atoms with Gasteiger partial charge in [0.05, 0.1) is 7.11 Å². The molecule has 0 aliphatic carbocycles. The van der Waals surface area contributed by atoms with E-state index in [1.807, 2.05) is 37.4 Å². The van der Waals surface area contributed by atoms with Crippen LogP contribution in [0.4, 0.5) is 0 Å². The highest BCUT2D eigenvalue weighted by molar-refractivity contribution is 5.87. The molecule has 112 valence electrons. The van der Waals surface area contributed by atoms with Gasteiger partial charge in [0.1, 0.15) is 6.04 Å². The molecule has 0 saturated carbocycles. The van der Waals surface area contributed by atoms with Gasteiger partial charge in [0.25, 0.3) is 0 Å². The van der Waals surface area contributed by atoms with E-state index >= 15 is 0 Å². The number of ether oxygens (including phenoxy) is 1. The molecule has 0 spiro atoms. The molecule has 5 nitrogen and oxygen atoms in total. The van der Waals surface area contributed by atoms with Crippen LogP contribution in [0.25, 0.3) is 10.9 Å². The van der Waals surface area contributed by atoms with Gasteiger partial charge in [-0.2, -0.15) is 0 Å². The third-order valence-electron chi connectivity index (χ3n) is 3.40. The number of esters is 1. The topological polar surface area (TPSA) is 71.2 Å². The first kappa shape index (κ1) is 15.1. The van der Waals surface area contributed by atoms with Crippen LogP contribution in [-0.2, 0) is 20.7 Å². The molecule has 0 bridgehead atoms. The lowest BCUT2D eigenvalue weighted by atomic mass is 10.0. The summed E-state index contributed by atoms with van der Waals surface area (Å²) in [5, 5.41) is 3.80. The van der Waals surface area contributed by atoms with Crippen molar-refractivity contribution in [2.24, 2.45) is 0 Å². The van der Waals surface area contributed by atoms with Gasteiger partial charge in [-0.25, -0.2) is 4.79 Å². The van der Waals surface area contributed by atoms with E-state index in [9.17, 15) is 9.59 Å². The van der Waals surface area contributed by atoms with Crippen LogP contribution in [-0.4, -0.2) is 30.0 Å². The van der Waals surface area contributed by atoms with Crippen molar-refractivity contribution in [1.82, 2.24) is 10.3 Å². The Labute approximate surface area is 123 Å². The number of nitrogens with one attached hydrogen (secondary N) is 2. The number of aromatic nitrogens is 1. The quantitative estimate of drug-likeness (QED) is 0.800. The summed E-state index contributed by atoms with van der Waals surface area (Å²) in [5.74, 6) is -0.558. The monoisotopic (exact) mass is 288 g/mol. The van der Waals surface area contributed by atoms with Gasteiger partial charge in [-0.3, -0.25) is 4.79 Å². The average Bonchev–Trinajstić information content (AvgIpc) is 2.89. The van der Waals surface area contributed by atoms with Crippen molar-refractivity contribution in [1.29, 1.82) is 0 Å². The Hall–Kier alpha value is -2.30. The molecule has 21 heavy (non-hydrogen) atoms. The van der Waals surface area contributed by atoms with Crippen LogP contribution in [0.5, 0.6) is 0 Å². The number of amides is 1. The predicted molar refractivity (Wildman–Crippen MR) is 80.9 cm³/mol. The van der Waals surface area contributed by atoms with Crippen molar-refractivity contribution in [2.75, 3.05) is 7.11 Å². The molecule has 1 aromatic carbocycles. The highest BCUT2D eigenvalue weighted by atomic mass is 16.5. The number of carbonyl (C=O) groups excluding carboxylic acids is 2. The first-order chi connectivity index (χ1) is 10.2. The lowest BCUT2D eigenvalue weighted by molar-refractivity contribution is -0.145. The molecule has 2 N–H and O–H groups in total. The second kappa shape index (κ2) is 6.92. The van der Waals surface area contributed by atoms with Gasteiger partial charge in [-0.05, 0) is 18.1 Å². The third-order valence-corrected chi connectivity index (χ3v) is 3.40. The van der Waals surface area contributed by atoms with Gasteiger partial charge in [0, 0.05) is 29.9 Å². The van der Waals surface area contributed by atoms with Crippen LogP contribution < -0.4 is 5.32 Å². The van der Waals surface area contributed by atoms with Gasteiger partial charge < -0.3 is 15.0 Å². The molecule has 1 unspecified atom stereocenters. The van der Waals surface area contributed by atoms with Crippen molar-refractivity contribution in [3.05, 3.63) is 36.0 Å². The van der Waals surface area contributed by atoms with Crippen LogP contribution in [0, 0.1) is 0 Å². The standard InChI is InChI=1S/C16H20N2O3/c1-3-6-15(19)18-14(16(20)21-2)9-11-10-17-13-8-5-4-7-12(11)13/h4-5,7-8,10,14,17H,3,6,9H2,1-2H3,(H,18,19). The molecule has 1 atom stereocenters. The molecule has 1 heterocycles. The van der Waals surface area contributed by atoms with E-state index in [1.165, 1.54) is 7.11 Å². The first-order valence-corrected chi connectivity index (χ1v) is 7.08. The summed E-state index contributed by atoms with van der Waals surface area (Å²) >= 11 is 0. The zero-order chi connectivity index (χ0) is 15.2. The SMILES string of the molecule is CCCC(=O)NC(Cc1c[nH]c2ccccc12)C(=O)OC. The minimum Gasteiger partial charge on any atom is -0.467 e. The number of fused-ring (bicyclic) bond motifs is 1. The Kier molecular flexibility index (Phi) is 4.98. The lowest BCUT2D eigenvalue weighted by Crippen LogP contribution is -2.42. The molecule has 0 fully saturated rings. The summed E-state index contributed by atoms with van der Waals surface area (Å²) in [6, 6.07) is 7.20. The summed E-state index contributed by atoms with van der Waals surface area (Å²) in [6.07, 6.45) is 3.42. The number of para-hydroxylation sites is 1. The molecule has 1 amide bonds. The highest BCUT2D eigenvalue weighted by Crippen LogP contribution is 2.19. The lowest BCUT2D eigenvalue weighted by Gasteiger charge is -2.16.